The average molecular weight is 398 g/mol. The van der Waals surface area contributed by atoms with E-state index < -0.39 is 17.8 Å². The number of fused-ring (bicyclic) bond motifs is 2. The van der Waals surface area contributed by atoms with Gasteiger partial charge in [0, 0.05) is 11.6 Å². The minimum atomic E-state index is -0.605. The number of benzene rings is 1. The Hall–Kier alpha value is -2.80. The van der Waals surface area contributed by atoms with Crippen molar-refractivity contribution in [3.05, 3.63) is 65.2 Å². The van der Waals surface area contributed by atoms with Crippen molar-refractivity contribution in [2.75, 3.05) is 13.2 Å². The summed E-state index contributed by atoms with van der Waals surface area (Å²) in [5.74, 6) is -1.30. The molecule has 0 saturated carbocycles. The number of morpholine rings is 1. The van der Waals surface area contributed by atoms with E-state index in [1.165, 1.54) is 6.07 Å². The first-order valence-corrected chi connectivity index (χ1v) is 9.77. The molecule has 29 heavy (non-hydrogen) atoms. The summed E-state index contributed by atoms with van der Waals surface area (Å²) in [4.78, 5) is 31.4. The topological polar surface area (TPSA) is 68.7 Å². The summed E-state index contributed by atoms with van der Waals surface area (Å²) in [5, 5.41) is 0. The Balaban J connectivity index is 1.45. The predicted molar refractivity (Wildman–Crippen MR) is 103 cm³/mol. The molecular formula is C22H23FN2O4. The molecule has 2 aromatic rings. The highest BCUT2D eigenvalue weighted by atomic mass is 19.1. The Bertz CT molecular complexity index is 891. The predicted octanol–water partition coefficient (Wildman–Crippen LogP) is 3.53. The molecule has 2 atom stereocenters. The number of amides is 1. The summed E-state index contributed by atoms with van der Waals surface area (Å²) in [6.45, 7) is 2.59. The van der Waals surface area contributed by atoms with Gasteiger partial charge in [-0.3, -0.25) is 9.69 Å². The summed E-state index contributed by atoms with van der Waals surface area (Å²) in [6.07, 6.45) is 0.410. The fourth-order valence-electron chi connectivity index (χ4n) is 4.13. The van der Waals surface area contributed by atoms with Crippen LogP contribution in [-0.2, 0) is 16.1 Å². The molecule has 1 amide bonds. The molecule has 0 aliphatic carbocycles. The molecule has 2 aliphatic heterocycles. The lowest BCUT2D eigenvalue weighted by atomic mass is 9.81. The molecule has 1 aromatic carbocycles. The van der Waals surface area contributed by atoms with Gasteiger partial charge in [-0.1, -0.05) is 30.3 Å². The Morgan fingerprint density at radius 1 is 1.14 bits per heavy atom. The van der Waals surface area contributed by atoms with Gasteiger partial charge in [-0.05, 0) is 37.5 Å². The molecule has 0 radical (unpaired) electrons. The molecule has 2 bridgehead atoms. The number of hydrogen-bond acceptors (Lipinski definition) is 5. The van der Waals surface area contributed by atoms with Crippen LogP contribution in [0.1, 0.15) is 34.6 Å². The van der Waals surface area contributed by atoms with Crippen molar-refractivity contribution in [2.24, 2.45) is 5.92 Å². The summed E-state index contributed by atoms with van der Waals surface area (Å²) in [6, 6.07) is 11.7. The van der Waals surface area contributed by atoms with Crippen LogP contribution in [0.4, 0.5) is 9.18 Å². The summed E-state index contributed by atoms with van der Waals surface area (Å²) < 4.78 is 25.2. The number of ketones is 1. The fraction of sp³-hybridized carbons (Fsp3) is 0.409. The van der Waals surface area contributed by atoms with E-state index in [1.54, 1.807) is 17.9 Å². The number of aryl methyl sites for hydroxylation is 1. The van der Waals surface area contributed by atoms with Gasteiger partial charge in [0.2, 0.25) is 0 Å². The van der Waals surface area contributed by atoms with Crippen LogP contribution in [0.3, 0.4) is 0 Å². The van der Waals surface area contributed by atoms with E-state index in [1.807, 2.05) is 30.3 Å². The summed E-state index contributed by atoms with van der Waals surface area (Å²) in [7, 11) is 0. The normalized spacial score (nSPS) is 23.5. The van der Waals surface area contributed by atoms with Gasteiger partial charge in [0.05, 0.1) is 25.3 Å². The maximum atomic E-state index is 14.1. The molecule has 2 saturated heterocycles. The first-order chi connectivity index (χ1) is 14.0. The monoisotopic (exact) mass is 398 g/mol. The standard InChI is InChI=1S/C22H23FN2O4/c1-14-7-8-19(23)20(24-14)21(26)16-9-17-12-28-13-18(10-16)25(17)22(27)29-11-15-5-3-2-4-6-15/h2-8,16-18H,9-13H2,1H3. The van der Waals surface area contributed by atoms with Crippen LogP contribution >= 0.6 is 0 Å². The van der Waals surface area contributed by atoms with E-state index in [-0.39, 0.29) is 30.2 Å². The molecule has 7 heteroatoms. The van der Waals surface area contributed by atoms with Crippen LogP contribution in [0.15, 0.2) is 42.5 Å². The van der Waals surface area contributed by atoms with Crippen LogP contribution in [0, 0.1) is 18.7 Å². The van der Waals surface area contributed by atoms with Gasteiger partial charge in [0.25, 0.3) is 0 Å². The van der Waals surface area contributed by atoms with Gasteiger partial charge in [0.15, 0.2) is 11.6 Å². The largest absolute Gasteiger partial charge is 0.445 e. The lowest BCUT2D eigenvalue weighted by Crippen LogP contribution is -2.60. The number of pyridine rings is 1. The Labute approximate surface area is 168 Å². The number of halogens is 1. The average Bonchev–Trinajstić information content (AvgIpc) is 2.73. The van der Waals surface area contributed by atoms with Crippen LogP contribution < -0.4 is 0 Å². The molecule has 4 rings (SSSR count). The Kier molecular flexibility index (Phi) is 5.58. The van der Waals surface area contributed by atoms with Crippen LogP contribution in [0.25, 0.3) is 0 Å². The zero-order valence-electron chi connectivity index (χ0n) is 16.2. The molecule has 0 spiro atoms. The number of rotatable bonds is 4. The highest BCUT2D eigenvalue weighted by Gasteiger charge is 2.45. The number of carbonyl (C=O) groups excluding carboxylic acids is 2. The minimum absolute atomic E-state index is 0.117. The first kappa shape index (κ1) is 19.5. The molecule has 2 unspecified atom stereocenters. The number of nitrogens with zero attached hydrogens (tertiary/aromatic N) is 2. The third-order valence-electron chi connectivity index (χ3n) is 5.53. The van der Waals surface area contributed by atoms with E-state index in [0.29, 0.717) is 31.7 Å². The van der Waals surface area contributed by atoms with Crippen molar-refractivity contribution >= 4 is 11.9 Å². The van der Waals surface area contributed by atoms with Gasteiger partial charge >= 0.3 is 6.09 Å². The van der Waals surface area contributed by atoms with Crippen molar-refractivity contribution in [2.45, 2.75) is 38.5 Å². The number of Topliss-reactive ketones (excluding diaryl/α,β-unsaturated/α-hetero) is 1. The van der Waals surface area contributed by atoms with Gasteiger partial charge in [0.1, 0.15) is 12.3 Å². The number of piperidine rings is 1. The van der Waals surface area contributed by atoms with Crippen molar-refractivity contribution < 1.29 is 23.5 Å². The highest BCUT2D eigenvalue weighted by molar-refractivity contribution is 5.96. The second-order valence-corrected chi connectivity index (χ2v) is 7.61. The summed E-state index contributed by atoms with van der Waals surface area (Å²) >= 11 is 0. The lowest BCUT2D eigenvalue weighted by Gasteiger charge is -2.47. The maximum absolute atomic E-state index is 14.1. The molecule has 1 aromatic heterocycles. The van der Waals surface area contributed by atoms with Gasteiger partial charge < -0.3 is 9.47 Å². The zero-order chi connectivity index (χ0) is 20.4. The third-order valence-corrected chi connectivity index (χ3v) is 5.53. The Morgan fingerprint density at radius 2 is 1.83 bits per heavy atom. The molecule has 2 fully saturated rings. The zero-order valence-corrected chi connectivity index (χ0v) is 16.2. The Morgan fingerprint density at radius 3 is 2.52 bits per heavy atom. The van der Waals surface area contributed by atoms with E-state index in [2.05, 4.69) is 4.98 Å². The molecule has 152 valence electrons. The summed E-state index contributed by atoms with van der Waals surface area (Å²) in [5.41, 5.74) is 1.39. The molecule has 3 heterocycles. The highest BCUT2D eigenvalue weighted by Crippen LogP contribution is 2.34. The van der Waals surface area contributed by atoms with E-state index in [4.69, 9.17) is 9.47 Å². The van der Waals surface area contributed by atoms with Crippen LogP contribution in [-0.4, -0.2) is 47.1 Å². The molecule has 0 N–H and O–H groups in total. The van der Waals surface area contributed by atoms with E-state index in [9.17, 15) is 14.0 Å². The molecule has 6 nitrogen and oxygen atoms in total. The van der Waals surface area contributed by atoms with Crippen molar-refractivity contribution in [1.29, 1.82) is 0 Å². The number of hydrogen-bond donors (Lipinski definition) is 0. The SMILES string of the molecule is Cc1ccc(F)c(C(=O)C2CC3COCC(C2)N3C(=O)OCc2ccccc2)n1. The smallest absolute Gasteiger partial charge is 0.410 e. The number of ether oxygens (including phenoxy) is 2. The van der Waals surface area contributed by atoms with Crippen molar-refractivity contribution in [3.8, 4) is 0 Å². The van der Waals surface area contributed by atoms with E-state index in [0.717, 1.165) is 5.56 Å². The first-order valence-electron chi connectivity index (χ1n) is 9.77. The third kappa shape index (κ3) is 4.15. The van der Waals surface area contributed by atoms with Gasteiger partial charge in [-0.25, -0.2) is 14.2 Å². The van der Waals surface area contributed by atoms with Gasteiger partial charge in [-0.15, -0.1) is 0 Å². The second kappa shape index (κ2) is 8.29. The van der Waals surface area contributed by atoms with Gasteiger partial charge in [-0.2, -0.15) is 0 Å². The van der Waals surface area contributed by atoms with E-state index >= 15 is 0 Å². The quantitative estimate of drug-likeness (QED) is 0.737. The van der Waals surface area contributed by atoms with Crippen molar-refractivity contribution in [3.63, 3.8) is 0 Å². The maximum Gasteiger partial charge on any atom is 0.410 e. The lowest BCUT2D eigenvalue weighted by molar-refractivity contribution is -0.0756. The molecular weight excluding hydrogens is 375 g/mol. The second-order valence-electron chi connectivity index (χ2n) is 7.61. The van der Waals surface area contributed by atoms with Crippen LogP contribution in [0.2, 0.25) is 0 Å². The minimum Gasteiger partial charge on any atom is -0.445 e. The van der Waals surface area contributed by atoms with Crippen molar-refractivity contribution in [1.82, 2.24) is 9.88 Å². The number of aromatic nitrogens is 1. The van der Waals surface area contributed by atoms with Crippen LogP contribution in [0.5, 0.6) is 0 Å². The number of carbonyl (C=O) groups is 2. The molecule has 2 aliphatic rings. The fourth-order valence-corrected chi connectivity index (χ4v) is 4.13.